The molecule has 0 bridgehead atoms. The topological polar surface area (TPSA) is 59.6 Å². The normalized spacial score (nSPS) is 13.2. The van der Waals surface area contributed by atoms with Crippen molar-refractivity contribution < 1.29 is 27.5 Å². The molecule has 0 spiro atoms. The van der Waals surface area contributed by atoms with Gasteiger partial charge in [0.05, 0.1) is 11.3 Å². The Morgan fingerprint density at radius 2 is 1.92 bits per heavy atom. The molecule has 0 aliphatic rings. The largest absolute Gasteiger partial charge is 0.459 e. The van der Waals surface area contributed by atoms with Gasteiger partial charge in [-0.3, -0.25) is 15.1 Å². The van der Waals surface area contributed by atoms with Gasteiger partial charge in [0.25, 0.3) is 0 Å². The Bertz CT molecular complexity index is 625. The van der Waals surface area contributed by atoms with Crippen LogP contribution in [0, 0.1) is 0 Å². The number of carbonyl (C=O) groups is 1. The van der Waals surface area contributed by atoms with Gasteiger partial charge in [-0.25, -0.2) is 0 Å². The summed E-state index contributed by atoms with van der Waals surface area (Å²) in [6, 6.07) is 4.73. The van der Waals surface area contributed by atoms with Gasteiger partial charge in [0.1, 0.15) is 12.7 Å². The molecule has 0 saturated carbocycles. The molecule has 1 rings (SSSR count). The van der Waals surface area contributed by atoms with Gasteiger partial charge in [0.15, 0.2) is 0 Å². The van der Waals surface area contributed by atoms with E-state index < -0.39 is 23.8 Å². The maximum absolute atomic E-state index is 12.8. The van der Waals surface area contributed by atoms with E-state index >= 15 is 0 Å². The van der Waals surface area contributed by atoms with Gasteiger partial charge in [-0.2, -0.15) is 13.2 Å². The predicted molar refractivity (Wildman–Crippen MR) is 92.9 cm³/mol. The van der Waals surface area contributed by atoms with Gasteiger partial charge in [-0.15, -0.1) is 0 Å². The minimum Gasteiger partial charge on any atom is -0.459 e. The van der Waals surface area contributed by atoms with Crippen LogP contribution in [0.3, 0.4) is 0 Å². The van der Waals surface area contributed by atoms with E-state index in [1.165, 1.54) is 19.1 Å². The van der Waals surface area contributed by atoms with Crippen LogP contribution in [0.1, 0.15) is 38.8 Å². The maximum atomic E-state index is 12.8. The number of rotatable bonds is 8. The number of esters is 1. The first kappa shape index (κ1) is 22.0. The number of hydrogen-bond acceptors (Lipinski definition) is 5. The molecule has 2 N–H and O–H groups in total. The van der Waals surface area contributed by atoms with E-state index in [1.54, 1.807) is 0 Å². The molecule has 8 heteroatoms. The van der Waals surface area contributed by atoms with Crippen LogP contribution in [0.5, 0.6) is 0 Å². The zero-order valence-electron chi connectivity index (χ0n) is 15.4. The number of alkyl halides is 3. The molecule has 146 valence electrons. The molecule has 5 nitrogen and oxygen atoms in total. The van der Waals surface area contributed by atoms with Gasteiger partial charge in [0, 0.05) is 19.0 Å². The molecule has 26 heavy (non-hydrogen) atoms. The summed E-state index contributed by atoms with van der Waals surface area (Å²) < 4.78 is 43.4. The number of benzene rings is 1. The highest BCUT2D eigenvalue weighted by atomic mass is 19.4. The summed E-state index contributed by atoms with van der Waals surface area (Å²) in [5.74, 6) is -0.453. The summed E-state index contributed by atoms with van der Waals surface area (Å²) >= 11 is 0. The monoisotopic (exact) mass is 374 g/mol. The smallest absolute Gasteiger partial charge is 0.416 e. The molecule has 1 atom stereocenters. The fraction of sp³-hybridized carbons (Fsp3) is 0.500. The Morgan fingerprint density at radius 1 is 1.27 bits per heavy atom. The Labute approximate surface area is 151 Å². The zero-order valence-corrected chi connectivity index (χ0v) is 15.4. The van der Waals surface area contributed by atoms with E-state index in [2.05, 4.69) is 17.4 Å². The van der Waals surface area contributed by atoms with E-state index in [4.69, 9.17) is 9.57 Å². The van der Waals surface area contributed by atoms with Crippen LogP contribution in [-0.4, -0.2) is 30.8 Å². The third-order valence-electron chi connectivity index (χ3n) is 3.20. The molecule has 0 fully saturated rings. The molecule has 0 aliphatic carbocycles. The summed E-state index contributed by atoms with van der Waals surface area (Å²) in [7, 11) is 0. The highest BCUT2D eigenvalue weighted by molar-refractivity contribution is 5.66. The molecule has 1 aromatic rings. The average Bonchev–Trinajstić information content (AvgIpc) is 2.50. The summed E-state index contributed by atoms with van der Waals surface area (Å²) in [6.45, 7) is 11.2. The Kier molecular flexibility index (Phi) is 7.65. The number of carbonyl (C=O) groups excluding carboxylic acids is 1. The van der Waals surface area contributed by atoms with Gasteiger partial charge in [-0.1, -0.05) is 18.7 Å². The first-order chi connectivity index (χ1) is 11.9. The highest BCUT2D eigenvalue weighted by Gasteiger charge is 2.30. The van der Waals surface area contributed by atoms with Crippen molar-refractivity contribution in [3.05, 3.63) is 42.0 Å². The van der Waals surface area contributed by atoms with Gasteiger partial charge in [-0.05, 0) is 38.5 Å². The molecule has 0 heterocycles. The first-order valence-corrected chi connectivity index (χ1v) is 8.05. The zero-order chi connectivity index (χ0) is 20.0. The summed E-state index contributed by atoms with van der Waals surface area (Å²) in [6.07, 6.45) is -5.00. The van der Waals surface area contributed by atoms with Crippen LogP contribution in [0.25, 0.3) is 5.70 Å². The Balaban J connectivity index is 2.60. The second-order valence-corrected chi connectivity index (χ2v) is 6.83. The van der Waals surface area contributed by atoms with E-state index in [-0.39, 0.29) is 23.4 Å². The van der Waals surface area contributed by atoms with E-state index in [9.17, 15) is 18.0 Å². The van der Waals surface area contributed by atoms with Crippen molar-refractivity contribution in [3.8, 4) is 0 Å². The van der Waals surface area contributed by atoms with Gasteiger partial charge < -0.3 is 10.1 Å². The molecule has 0 amide bonds. The van der Waals surface area contributed by atoms with E-state index in [0.717, 1.165) is 12.1 Å². The van der Waals surface area contributed by atoms with Crippen LogP contribution in [0.4, 0.5) is 13.2 Å². The van der Waals surface area contributed by atoms with E-state index in [0.29, 0.717) is 6.54 Å². The first-order valence-electron chi connectivity index (χ1n) is 8.05. The Hall–Kier alpha value is -2.06. The minimum absolute atomic E-state index is 0.000636. The SMILES string of the molecule is C=C(NOCC(CNC(C)(C)C)OC(C)=O)c1cccc(C(F)(F)F)c1. The molecule has 0 aliphatic heterocycles. The van der Waals surface area contributed by atoms with Gasteiger partial charge >= 0.3 is 12.1 Å². The van der Waals surface area contributed by atoms with Crippen molar-refractivity contribution in [2.24, 2.45) is 0 Å². The lowest BCUT2D eigenvalue weighted by Crippen LogP contribution is -2.44. The van der Waals surface area contributed by atoms with Crippen molar-refractivity contribution in [2.75, 3.05) is 13.2 Å². The third-order valence-corrected chi connectivity index (χ3v) is 3.20. The number of ether oxygens (including phenoxy) is 1. The van der Waals surface area contributed by atoms with Crippen molar-refractivity contribution in [3.63, 3.8) is 0 Å². The average molecular weight is 374 g/mol. The van der Waals surface area contributed by atoms with Crippen LogP contribution in [-0.2, 0) is 20.5 Å². The molecule has 0 saturated heterocycles. The standard InChI is InChI=1S/C18H25F3N2O3/c1-12(14-7-6-8-15(9-14)18(19,20)21)23-25-11-16(26-13(2)24)10-22-17(3,4)5/h6-9,16,22-23H,1,10-11H2,2-5H3. The van der Waals surface area contributed by atoms with E-state index in [1.807, 2.05) is 20.8 Å². The van der Waals surface area contributed by atoms with Crippen LogP contribution < -0.4 is 10.8 Å². The second kappa shape index (κ2) is 9.05. The molecule has 1 unspecified atom stereocenters. The molecular formula is C18H25F3N2O3. The number of halogens is 3. The molecule has 0 aromatic heterocycles. The van der Waals surface area contributed by atoms with Crippen LogP contribution in [0.15, 0.2) is 30.8 Å². The second-order valence-electron chi connectivity index (χ2n) is 6.83. The summed E-state index contributed by atoms with van der Waals surface area (Å²) in [4.78, 5) is 16.4. The summed E-state index contributed by atoms with van der Waals surface area (Å²) in [5.41, 5.74) is 1.97. The Morgan fingerprint density at radius 3 is 2.46 bits per heavy atom. The maximum Gasteiger partial charge on any atom is 0.416 e. The van der Waals surface area contributed by atoms with Crippen molar-refractivity contribution in [1.82, 2.24) is 10.8 Å². The lowest BCUT2D eigenvalue weighted by Gasteiger charge is -2.25. The van der Waals surface area contributed by atoms with Crippen molar-refractivity contribution in [1.29, 1.82) is 0 Å². The van der Waals surface area contributed by atoms with Crippen molar-refractivity contribution >= 4 is 11.7 Å². The quantitative estimate of drug-likeness (QED) is 0.539. The van der Waals surface area contributed by atoms with Crippen molar-refractivity contribution in [2.45, 2.75) is 45.5 Å². The molecule has 0 radical (unpaired) electrons. The fourth-order valence-electron chi connectivity index (χ4n) is 1.95. The number of hydroxylamine groups is 1. The fourth-order valence-corrected chi connectivity index (χ4v) is 1.95. The number of nitrogens with one attached hydrogen (secondary N) is 2. The van der Waals surface area contributed by atoms with Gasteiger partial charge in [0.2, 0.25) is 0 Å². The summed E-state index contributed by atoms with van der Waals surface area (Å²) in [5, 5.41) is 3.19. The predicted octanol–water partition coefficient (Wildman–Crippen LogP) is 3.52. The molecule has 1 aromatic carbocycles. The lowest BCUT2D eigenvalue weighted by molar-refractivity contribution is -0.150. The number of hydrogen-bond donors (Lipinski definition) is 2. The minimum atomic E-state index is -4.43. The highest BCUT2D eigenvalue weighted by Crippen LogP contribution is 2.30. The third kappa shape index (κ3) is 8.35. The van der Waals surface area contributed by atoms with Crippen LogP contribution >= 0.6 is 0 Å². The van der Waals surface area contributed by atoms with Crippen LogP contribution in [0.2, 0.25) is 0 Å². The molecular weight excluding hydrogens is 349 g/mol. The lowest BCUT2D eigenvalue weighted by atomic mass is 10.1.